The Morgan fingerprint density at radius 3 is 1.96 bits per heavy atom. The van der Waals surface area contributed by atoms with Gasteiger partial charge >= 0.3 is 0 Å². The smallest absolute Gasteiger partial charge is 0.135 e. The maximum Gasteiger partial charge on any atom is 0.135 e. The Balaban J connectivity index is 0.00000468. The van der Waals surface area contributed by atoms with Crippen LogP contribution in [0.5, 0.6) is 11.5 Å². The van der Waals surface area contributed by atoms with Crippen molar-refractivity contribution >= 4 is 83.0 Å². The Bertz CT molecular complexity index is 3830. The maximum atomic E-state index is 6.90. The largest absolute Gasteiger partial charge is 0.503 e. The molecule has 0 aliphatic carbocycles. The van der Waals surface area contributed by atoms with Gasteiger partial charge in [-0.1, -0.05) is 159 Å². The number of hydrogen-bond acceptors (Lipinski definition) is 5. The monoisotopic (exact) mass is 1040 g/mol. The number of hydrogen-bond donors (Lipinski definition) is 0. The molecule has 0 bridgehead atoms. The van der Waals surface area contributed by atoms with Crippen LogP contribution in [0.2, 0.25) is 0 Å². The van der Waals surface area contributed by atoms with Crippen molar-refractivity contribution in [1.29, 1.82) is 0 Å². The minimum Gasteiger partial charge on any atom is -0.503 e. The summed E-state index contributed by atoms with van der Waals surface area (Å²) in [6.45, 7) is 8.90. The molecule has 13 rings (SSSR count). The summed E-state index contributed by atoms with van der Waals surface area (Å²) in [5.74, 6) is 1.17. The molecule has 0 unspecified atom stereocenters. The third kappa shape index (κ3) is 6.69. The summed E-state index contributed by atoms with van der Waals surface area (Å²) in [5, 5.41) is 5.10. The number of aromatic nitrogens is 2. The van der Waals surface area contributed by atoms with Crippen molar-refractivity contribution in [3.05, 3.63) is 212 Å². The van der Waals surface area contributed by atoms with Gasteiger partial charge in [-0.15, -0.1) is 48.3 Å². The fraction of sp³-hybridized carbons (Fsp3) is 0.0667. The summed E-state index contributed by atoms with van der Waals surface area (Å²) in [4.78, 5) is 9.79. The zero-order valence-corrected chi connectivity index (χ0v) is 39.2. The standard InChI is InChI=1S/C60H41N4O2.Pt/c1-60(2,3)40-31-41(62-37-63(54-27-14-13-26-53(54)62)58-44(38-17-6-4-7-18-38)22-16-23-45(58)39-19-8-5-9-20-39)33-43(32-40)65-42-29-30-46-48-36-57-49(47-21-10-15-28-56(47)66-57)35-55(48)64-52-25-12-11-24-51(52)61-59(64)50(46)34-42;/h4-32,35-37H,1-3H3;/q-3;. The summed E-state index contributed by atoms with van der Waals surface area (Å²) in [6, 6.07) is 73.3. The second kappa shape index (κ2) is 15.8. The van der Waals surface area contributed by atoms with E-state index in [0.29, 0.717) is 11.5 Å². The third-order valence-electron chi connectivity index (χ3n) is 13.0. The van der Waals surface area contributed by atoms with E-state index in [-0.39, 0.29) is 26.5 Å². The van der Waals surface area contributed by atoms with Crippen LogP contribution in [0.3, 0.4) is 0 Å². The van der Waals surface area contributed by atoms with Crippen molar-refractivity contribution < 1.29 is 30.2 Å². The quantitative estimate of drug-likeness (QED) is 0.123. The van der Waals surface area contributed by atoms with Crippen molar-refractivity contribution in [2.24, 2.45) is 0 Å². The topological polar surface area (TPSA) is 46.2 Å². The summed E-state index contributed by atoms with van der Waals surface area (Å²) in [6.07, 6.45) is 0. The summed E-state index contributed by atoms with van der Waals surface area (Å²) in [7, 11) is 0. The van der Waals surface area contributed by atoms with Gasteiger partial charge in [0, 0.05) is 77.0 Å². The minimum absolute atomic E-state index is 0. The molecule has 7 heteroatoms. The molecule has 0 radical (unpaired) electrons. The van der Waals surface area contributed by atoms with Crippen LogP contribution >= 0.6 is 0 Å². The van der Waals surface area contributed by atoms with E-state index in [1.165, 1.54) is 0 Å². The Morgan fingerprint density at radius 1 is 0.537 bits per heavy atom. The third-order valence-corrected chi connectivity index (χ3v) is 13.0. The van der Waals surface area contributed by atoms with Crippen molar-refractivity contribution in [3.63, 3.8) is 0 Å². The van der Waals surface area contributed by atoms with Crippen LogP contribution in [-0.4, -0.2) is 9.38 Å². The predicted octanol–water partition coefficient (Wildman–Crippen LogP) is 16.1. The molecule has 326 valence electrons. The van der Waals surface area contributed by atoms with E-state index in [1.807, 2.05) is 24.3 Å². The van der Waals surface area contributed by atoms with Crippen molar-refractivity contribution in [3.8, 4) is 33.8 Å². The molecule has 3 aromatic heterocycles. The number of benzene rings is 9. The average Bonchev–Trinajstić information content (AvgIpc) is 4.05. The van der Waals surface area contributed by atoms with Gasteiger partial charge in [-0.25, -0.2) is 0 Å². The number of imidazole rings is 1. The van der Waals surface area contributed by atoms with Crippen LogP contribution in [0.4, 0.5) is 22.7 Å². The zero-order valence-electron chi connectivity index (χ0n) is 36.9. The Morgan fingerprint density at radius 2 is 1.21 bits per heavy atom. The number of rotatable bonds is 6. The number of pyridine rings is 1. The van der Waals surface area contributed by atoms with Crippen LogP contribution in [-0.2, 0) is 26.5 Å². The molecular formula is C60H41N4O2Pt-3. The molecule has 67 heavy (non-hydrogen) atoms. The van der Waals surface area contributed by atoms with Crippen molar-refractivity contribution in [2.75, 3.05) is 9.80 Å². The van der Waals surface area contributed by atoms with Gasteiger partial charge in [0.05, 0.1) is 16.7 Å². The van der Waals surface area contributed by atoms with Crippen LogP contribution in [0.25, 0.3) is 82.5 Å². The summed E-state index contributed by atoms with van der Waals surface area (Å²) < 4.78 is 15.6. The second-order valence-electron chi connectivity index (χ2n) is 18.1. The van der Waals surface area contributed by atoms with Gasteiger partial charge in [0.25, 0.3) is 0 Å². The molecule has 1 aliphatic rings. The fourth-order valence-corrected chi connectivity index (χ4v) is 9.78. The first-order valence-electron chi connectivity index (χ1n) is 22.4. The Labute approximate surface area is 402 Å². The molecule has 0 saturated carbocycles. The van der Waals surface area contributed by atoms with E-state index in [0.717, 1.165) is 111 Å². The van der Waals surface area contributed by atoms with E-state index in [2.05, 4.69) is 218 Å². The van der Waals surface area contributed by atoms with Gasteiger partial charge < -0.3 is 23.4 Å². The Kier molecular flexibility index (Phi) is 9.60. The number of furan rings is 1. The van der Waals surface area contributed by atoms with Crippen molar-refractivity contribution in [2.45, 2.75) is 26.2 Å². The molecule has 6 nitrogen and oxygen atoms in total. The van der Waals surface area contributed by atoms with Crippen LogP contribution < -0.4 is 14.5 Å². The van der Waals surface area contributed by atoms with Gasteiger partial charge in [0.1, 0.15) is 11.2 Å². The zero-order chi connectivity index (χ0) is 44.1. The van der Waals surface area contributed by atoms with Gasteiger partial charge in [-0.3, -0.25) is 4.98 Å². The molecule has 0 atom stereocenters. The first-order valence-corrected chi connectivity index (χ1v) is 22.4. The van der Waals surface area contributed by atoms with E-state index in [4.69, 9.17) is 14.1 Å². The van der Waals surface area contributed by atoms with E-state index in [9.17, 15) is 0 Å². The number of ether oxygens (including phenoxy) is 1. The molecule has 0 saturated heterocycles. The fourth-order valence-electron chi connectivity index (χ4n) is 9.78. The van der Waals surface area contributed by atoms with Gasteiger partial charge in [-0.05, 0) is 64.4 Å². The molecule has 0 N–H and O–H groups in total. The molecule has 4 heterocycles. The van der Waals surface area contributed by atoms with E-state index >= 15 is 0 Å². The summed E-state index contributed by atoms with van der Waals surface area (Å²) >= 11 is 0. The first kappa shape index (κ1) is 40.8. The SMILES string of the molecule is CC(C)(C)c1cc(Oc2[c-]c3c(cc2)c2cc4oc5ccccc5c4cc2n2c4ccccc4nc32)[c-]c(N2[CH-]N(c3c(-c4ccccc4)cccc3-c3ccccc3)c3ccccc32)c1.[Pt]. The second-order valence-corrected chi connectivity index (χ2v) is 18.1. The molecule has 12 aromatic rings. The molecule has 9 aromatic carbocycles. The number of anilines is 4. The molecule has 0 amide bonds. The number of nitrogens with zero attached hydrogens (tertiary/aromatic N) is 4. The van der Waals surface area contributed by atoms with Crippen LogP contribution in [0.1, 0.15) is 26.3 Å². The van der Waals surface area contributed by atoms with Crippen molar-refractivity contribution in [1.82, 2.24) is 9.38 Å². The average molecular weight is 1050 g/mol. The van der Waals surface area contributed by atoms with E-state index < -0.39 is 0 Å². The first-order chi connectivity index (χ1) is 32.3. The summed E-state index contributed by atoms with van der Waals surface area (Å²) in [5.41, 5.74) is 15.1. The predicted molar refractivity (Wildman–Crippen MR) is 270 cm³/mol. The molecule has 0 fully saturated rings. The number of fused-ring (bicyclic) bond motifs is 12. The van der Waals surface area contributed by atoms with E-state index in [1.54, 1.807) is 0 Å². The van der Waals surface area contributed by atoms with Crippen LogP contribution in [0, 0.1) is 18.8 Å². The van der Waals surface area contributed by atoms with Gasteiger partial charge in [-0.2, -0.15) is 0 Å². The maximum absolute atomic E-state index is 6.90. The molecule has 1 aliphatic heterocycles. The van der Waals surface area contributed by atoms with Gasteiger partial charge in [0.2, 0.25) is 0 Å². The Hall–Kier alpha value is -7.66. The van der Waals surface area contributed by atoms with Gasteiger partial charge in [0.15, 0.2) is 0 Å². The van der Waals surface area contributed by atoms with Crippen LogP contribution in [0.15, 0.2) is 192 Å². The molecular weight excluding hydrogens is 1000 g/mol. The minimum atomic E-state index is -0.197. The normalized spacial score (nSPS) is 12.8. The number of para-hydroxylation sites is 6. The molecule has 0 spiro atoms.